The second-order valence-corrected chi connectivity index (χ2v) is 13.9. The van der Waals surface area contributed by atoms with Crippen molar-refractivity contribution in [1.82, 2.24) is 9.78 Å². The quantitative estimate of drug-likeness (QED) is 0.167. The fourth-order valence-corrected chi connectivity index (χ4v) is 6.74. The first-order valence-electron chi connectivity index (χ1n) is 15.9. The zero-order chi connectivity index (χ0) is 35.0. The first-order chi connectivity index (χ1) is 23.3. The van der Waals surface area contributed by atoms with E-state index in [1.807, 2.05) is 25.3 Å². The number of thiophene rings is 1. The van der Waals surface area contributed by atoms with Crippen LogP contribution in [0.25, 0.3) is 10.9 Å². The van der Waals surface area contributed by atoms with Crippen LogP contribution in [0.1, 0.15) is 40.3 Å². The van der Waals surface area contributed by atoms with Gasteiger partial charge in [-0.25, -0.2) is 9.18 Å². The SMILES string of the molecule is CC(C)N(C(=O)CN1C(=O)C(Cc2nn(C(=O)OC(C)(C)C)c3ccccc23)C(=O)N(c2cccs2)c2ccccc21)c1ccc(F)cc1. The number of aromatic nitrogens is 2. The molecule has 1 unspecified atom stereocenters. The van der Waals surface area contributed by atoms with Crippen molar-refractivity contribution in [1.29, 1.82) is 0 Å². The molecule has 0 saturated carbocycles. The molecule has 0 saturated heterocycles. The fraction of sp³-hybridized carbons (Fsp3) is 0.270. The molecule has 3 aromatic carbocycles. The van der Waals surface area contributed by atoms with Gasteiger partial charge in [0.25, 0.3) is 0 Å². The Hall–Kier alpha value is -5.36. The minimum Gasteiger partial charge on any atom is -0.442 e. The van der Waals surface area contributed by atoms with Gasteiger partial charge in [-0.3, -0.25) is 19.3 Å². The van der Waals surface area contributed by atoms with Crippen LogP contribution >= 0.6 is 11.3 Å². The fourth-order valence-electron chi connectivity index (χ4n) is 5.99. The van der Waals surface area contributed by atoms with Gasteiger partial charge in [-0.1, -0.05) is 30.3 Å². The molecule has 5 aromatic rings. The van der Waals surface area contributed by atoms with Gasteiger partial charge in [-0.05, 0) is 94.6 Å². The number of ether oxygens (including phenoxy) is 1. The predicted octanol–water partition coefficient (Wildman–Crippen LogP) is 7.33. The van der Waals surface area contributed by atoms with E-state index in [1.165, 1.54) is 50.3 Å². The lowest BCUT2D eigenvalue weighted by atomic mass is 9.98. The Labute approximate surface area is 287 Å². The standard InChI is InChI=1S/C37H36FN5O5S/c1-23(2)41(25-18-16-24(38)17-19-25)32(44)22-40-30-13-8-9-14-31(30)42(33-15-10-20-49-33)35(46)27(34(40)45)21-28-26-11-6-7-12-29(26)43(39-28)36(47)48-37(3,4)5/h6-20,23,27H,21-22H2,1-5H3. The average Bonchev–Trinajstić information content (AvgIpc) is 3.70. The predicted molar refractivity (Wildman–Crippen MR) is 188 cm³/mol. The summed E-state index contributed by atoms with van der Waals surface area (Å²) in [6.45, 7) is 8.53. The van der Waals surface area contributed by atoms with E-state index < -0.39 is 41.2 Å². The number of hydrogen-bond donors (Lipinski definition) is 0. The monoisotopic (exact) mass is 681 g/mol. The van der Waals surface area contributed by atoms with Gasteiger partial charge in [0.15, 0.2) is 0 Å². The van der Waals surface area contributed by atoms with Crippen LogP contribution in [0.3, 0.4) is 0 Å². The molecule has 0 radical (unpaired) electrons. The van der Waals surface area contributed by atoms with Crippen molar-refractivity contribution in [2.24, 2.45) is 5.92 Å². The molecule has 10 nitrogen and oxygen atoms in total. The smallest absolute Gasteiger partial charge is 0.435 e. The number of hydrogen-bond acceptors (Lipinski definition) is 7. The molecule has 2 aromatic heterocycles. The van der Waals surface area contributed by atoms with Crippen LogP contribution in [-0.2, 0) is 25.5 Å². The Morgan fingerprint density at radius 3 is 2.24 bits per heavy atom. The van der Waals surface area contributed by atoms with Gasteiger partial charge in [-0.15, -0.1) is 11.3 Å². The van der Waals surface area contributed by atoms with E-state index in [0.717, 1.165) is 4.68 Å². The van der Waals surface area contributed by atoms with Crippen LogP contribution in [0.2, 0.25) is 0 Å². The first kappa shape index (κ1) is 33.5. The van der Waals surface area contributed by atoms with Gasteiger partial charge in [0.2, 0.25) is 17.7 Å². The summed E-state index contributed by atoms with van der Waals surface area (Å²) < 4.78 is 20.5. The van der Waals surface area contributed by atoms with E-state index in [9.17, 15) is 23.6 Å². The van der Waals surface area contributed by atoms with E-state index in [1.54, 1.807) is 75.4 Å². The number of carbonyl (C=O) groups excluding carboxylic acids is 4. The molecule has 0 spiro atoms. The third-order valence-corrected chi connectivity index (χ3v) is 8.89. The molecule has 0 N–H and O–H groups in total. The summed E-state index contributed by atoms with van der Waals surface area (Å²) in [4.78, 5) is 61.1. The number of para-hydroxylation sites is 3. The van der Waals surface area contributed by atoms with E-state index in [0.29, 0.717) is 38.7 Å². The number of benzene rings is 3. The van der Waals surface area contributed by atoms with Crippen LogP contribution in [0.4, 0.5) is 31.2 Å². The molecule has 0 bridgehead atoms. The maximum atomic E-state index is 14.7. The van der Waals surface area contributed by atoms with E-state index >= 15 is 0 Å². The van der Waals surface area contributed by atoms with Crippen molar-refractivity contribution in [2.45, 2.75) is 52.7 Å². The minimum atomic E-state index is -1.31. The number of halogens is 1. The Morgan fingerprint density at radius 1 is 0.918 bits per heavy atom. The Bertz CT molecular complexity index is 2030. The maximum Gasteiger partial charge on any atom is 0.435 e. The number of rotatable bonds is 7. The number of nitrogens with zero attached hydrogens (tertiary/aromatic N) is 5. The Balaban J connectivity index is 1.45. The lowest BCUT2D eigenvalue weighted by molar-refractivity contribution is -0.132. The molecule has 1 aliphatic rings. The molecule has 3 amide bonds. The highest BCUT2D eigenvalue weighted by molar-refractivity contribution is 7.14. The summed E-state index contributed by atoms with van der Waals surface area (Å²) in [5.41, 5.74) is 1.35. The summed E-state index contributed by atoms with van der Waals surface area (Å²) >= 11 is 1.34. The summed E-state index contributed by atoms with van der Waals surface area (Å²) in [6.07, 6.45) is -0.844. The Kier molecular flexibility index (Phi) is 9.08. The van der Waals surface area contributed by atoms with E-state index in [4.69, 9.17) is 4.74 Å². The lowest BCUT2D eigenvalue weighted by Gasteiger charge is -2.31. The molecular weight excluding hydrogens is 646 g/mol. The third kappa shape index (κ3) is 6.68. The molecule has 252 valence electrons. The molecule has 49 heavy (non-hydrogen) atoms. The highest BCUT2D eigenvalue weighted by atomic mass is 32.1. The minimum absolute atomic E-state index is 0.152. The second-order valence-electron chi connectivity index (χ2n) is 13.0. The van der Waals surface area contributed by atoms with Crippen molar-refractivity contribution in [2.75, 3.05) is 21.2 Å². The number of fused-ring (bicyclic) bond motifs is 2. The van der Waals surface area contributed by atoms with Gasteiger partial charge in [0.05, 0.1) is 22.6 Å². The largest absolute Gasteiger partial charge is 0.442 e. The van der Waals surface area contributed by atoms with Crippen LogP contribution in [-0.4, -0.2) is 51.8 Å². The van der Waals surface area contributed by atoms with Crippen LogP contribution in [0.15, 0.2) is 90.3 Å². The zero-order valence-corrected chi connectivity index (χ0v) is 28.6. The van der Waals surface area contributed by atoms with Gasteiger partial charge < -0.3 is 14.5 Å². The number of carbonyl (C=O) groups is 4. The average molecular weight is 682 g/mol. The topological polar surface area (TPSA) is 105 Å². The van der Waals surface area contributed by atoms with Crippen molar-refractivity contribution in [3.63, 3.8) is 0 Å². The lowest BCUT2D eigenvalue weighted by Crippen LogP contribution is -2.48. The van der Waals surface area contributed by atoms with Crippen LogP contribution in [0, 0.1) is 11.7 Å². The van der Waals surface area contributed by atoms with Gasteiger partial charge in [0, 0.05) is 23.5 Å². The number of amides is 3. The normalized spacial score (nSPS) is 15.0. The molecule has 6 rings (SSSR count). The van der Waals surface area contributed by atoms with Crippen LogP contribution in [0.5, 0.6) is 0 Å². The highest BCUT2D eigenvalue weighted by Crippen LogP contribution is 2.42. The maximum absolute atomic E-state index is 14.7. The van der Waals surface area contributed by atoms with Crippen molar-refractivity contribution in [3.05, 3.63) is 102 Å². The molecule has 1 atom stereocenters. The zero-order valence-electron chi connectivity index (χ0n) is 27.8. The molecule has 12 heteroatoms. The molecule has 0 aliphatic carbocycles. The highest BCUT2D eigenvalue weighted by Gasteiger charge is 2.43. The summed E-state index contributed by atoms with van der Waals surface area (Å²) in [5, 5.41) is 7.61. The molecule has 1 aliphatic heterocycles. The third-order valence-electron chi connectivity index (χ3n) is 8.03. The van der Waals surface area contributed by atoms with Gasteiger partial charge in [-0.2, -0.15) is 9.78 Å². The Morgan fingerprint density at radius 2 is 1.59 bits per heavy atom. The van der Waals surface area contributed by atoms with Crippen molar-refractivity contribution < 1.29 is 28.3 Å². The van der Waals surface area contributed by atoms with Crippen molar-refractivity contribution in [3.8, 4) is 0 Å². The molecule has 3 heterocycles. The first-order valence-corrected chi connectivity index (χ1v) is 16.8. The van der Waals surface area contributed by atoms with Gasteiger partial charge in [0.1, 0.15) is 28.9 Å². The van der Waals surface area contributed by atoms with Crippen LogP contribution < -0.4 is 14.7 Å². The molecular formula is C37H36FN5O5S. The van der Waals surface area contributed by atoms with E-state index in [-0.39, 0.29) is 19.0 Å². The second kappa shape index (κ2) is 13.3. The summed E-state index contributed by atoms with van der Waals surface area (Å²) in [7, 11) is 0. The summed E-state index contributed by atoms with van der Waals surface area (Å²) in [5.74, 6) is -3.26. The molecule has 0 fully saturated rings. The van der Waals surface area contributed by atoms with E-state index in [2.05, 4.69) is 5.10 Å². The summed E-state index contributed by atoms with van der Waals surface area (Å²) in [6, 6.07) is 22.9. The van der Waals surface area contributed by atoms with Crippen molar-refractivity contribution >= 4 is 68.1 Å². The number of anilines is 4. The van der Waals surface area contributed by atoms with Gasteiger partial charge >= 0.3 is 6.09 Å².